The molecule has 476 valence electrons. The van der Waals surface area contributed by atoms with Crippen molar-refractivity contribution in [2.24, 2.45) is 0 Å². The fraction of sp³-hybridized carbons (Fsp3) is 0.956. The summed E-state index contributed by atoms with van der Waals surface area (Å²) in [5, 5.41) is 221. The van der Waals surface area contributed by atoms with Crippen molar-refractivity contribution in [3.8, 4) is 0 Å². The average molecular weight is 1210 g/mol. The molecular formula is C45H76N2O35. The molecule has 0 radical (unpaired) electrons. The summed E-state index contributed by atoms with van der Waals surface area (Å²) in [5.74, 6) is -1.63. The minimum Gasteiger partial charge on any atom is -0.394 e. The number of rotatable bonds is 20. The predicted molar refractivity (Wildman–Crippen MR) is 249 cm³/mol. The maximum Gasteiger partial charge on any atom is 0.217 e. The van der Waals surface area contributed by atoms with Crippen molar-refractivity contribution in [3.05, 3.63) is 0 Å². The van der Waals surface area contributed by atoms with E-state index in [0.29, 0.717) is 0 Å². The lowest BCUT2D eigenvalue weighted by Gasteiger charge is -2.51. The topological polar surface area (TPSA) is 583 Å². The van der Waals surface area contributed by atoms with Crippen LogP contribution in [0.4, 0.5) is 0 Å². The molecule has 37 heteroatoms. The number of carbonyl (C=O) groups is 2. The zero-order chi connectivity index (χ0) is 60.3. The van der Waals surface area contributed by atoms with E-state index in [-0.39, 0.29) is 0 Å². The molecule has 7 fully saturated rings. The van der Waals surface area contributed by atoms with E-state index in [4.69, 9.17) is 61.6 Å². The Kier molecular flexibility index (Phi) is 23.8. The smallest absolute Gasteiger partial charge is 0.217 e. The standard InChI is InChI=1S/C45H76N2O35/c1-10(53)46-19-26(61)34(16(6-51)72-39(19)69)78-40-20(47-11(2)54)27(62)35(17(7-52)76-40)79-45-38(82-41-30(65)21(56)12(55)8-70-41)37(81-44-32(67)29(64)23(58)14(4-49)75-44)25(60)18(77-45)9-71-42-33(68)36(24(59)15(5-50)73-42)80-43-31(66)28(63)22(57)13(3-48)74-43/h12-45,48-52,55-69H,3-9H2,1-2H3,(H,46,53)(H,47,54)/t12-,13-,14-,15-,16-,17-,18-,19-,20-,21+,22-,23-,24-,25-,26-,27-,28+,29+,30-,31+,32+,33+,34-,35-,36+,37+,38+,39-,40+,41+,42+,43-,44-,45+/m1/s1. The van der Waals surface area contributed by atoms with E-state index in [1.165, 1.54) is 0 Å². The fourth-order valence-corrected chi connectivity index (χ4v) is 10.4. The van der Waals surface area contributed by atoms with Crippen LogP contribution in [-0.4, -0.2) is 369 Å². The number of amides is 2. The van der Waals surface area contributed by atoms with Gasteiger partial charge < -0.3 is 174 Å². The minimum absolute atomic E-state index is 0.725. The second-order valence-electron chi connectivity index (χ2n) is 20.6. The normalized spacial score (nSPS) is 50.4. The molecule has 2 amide bonds. The Bertz CT molecular complexity index is 2010. The molecule has 7 aliphatic rings. The highest BCUT2D eigenvalue weighted by molar-refractivity contribution is 5.73. The number of aliphatic hydroxyl groups is 20. The van der Waals surface area contributed by atoms with Crippen LogP contribution in [0.5, 0.6) is 0 Å². The zero-order valence-electron chi connectivity index (χ0n) is 43.6. The van der Waals surface area contributed by atoms with Crippen molar-refractivity contribution in [2.45, 2.75) is 223 Å². The first-order valence-electron chi connectivity index (χ1n) is 26.0. The number of ether oxygens (including phenoxy) is 13. The Balaban J connectivity index is 1.24. The Morgan fingerprint density at radius 1 is 0.366 bits per heavy atom. The van der Waals surface area contributed by atoms with Crippen molar-refractivity contribution in [3.63, 3.8) is 0 Å². The monoisotopic (exact) mass is 1200 g/mol. The van der Waals surface area contributed by atoms with Crippen molar-refractivity contribution >= 4 is 11.8 Å². The molecule has 0 aliphatic carbocycles. The van der Waals surface area contributed by atoms with E-state index in [1.54, 1.807) is 0 Å². The van der Waals surface area contributed by atoms with Crippen LogP contribution >= 0.6 is 0 Å². The second kappa shape index (κ2) is 29.1. The first-order chi connectivity index (χ1) is 38.8. The van der Waals surface area contributed by atoms with Crippen LogP contribution in [0.2, 0.25) is 0 Å². The maximum atomic E-state index is 12.8. The molecule has 0 bridgehead atoms. The number of hydrogen-bond donors (Lipinski definition) is 22. The highest BCUT2D eigenvalue weighted by Gasteiger charge is 2.59. The first kappa shape index (κ1) is 67.1. The highest BCUT2D eigenvalue weighted by atomic mass is 16.8. The molecule has 7 rings (SSSR count). The summed E-state index contributed by atoms with van der Waals surface area (Å²) in [6, 6.07) is -3.43. The lowest BCUT2D eigenvalue weighted by atomic mass is 9.93. The third-order valence-corrected chi connectivity index (χ3v) is 14.9. The summed E-state index contributed by atoms with van der Waals surface area (Å²) >= 11 is 0. The molecule has 0 unspecified atom stereocenters. The van der Waals surface area contributed by atoms with Gasteiger partial charge in [0.1, 0.15) is 165 Å². The quantitative estimate of drug-likeness (QED) is 0.0538. The molecule has 0 saturated carbocycles. The average Bonchev–Trinajstić information content (AvgIpc) is 3.44. The Hall–Kier alpha value is -2.38. The van der Waals surface area contributed by atoms with E-state index < -0.39 is 267 Å². The van der Waals surface area contributed by atoms with Gasteiger partial charge >= 0.3 is 0 Å². The van der Waals surface area contributed by atoms with Crippen LogP contribution in [0, 0.1) is 0 Å². The van der Waals surface area contributed by atoms with Crippen molar-refractivity contribution in [2.75, 3.05) is 46.2 Å². The van der Waals surface area contributed by atoms with Gasteiger partial charge in [0.25, 0.3) is 0 Å². The van der Waals surface area contributed by atoms with Crippen LogP contribution in [0.1, 0.15) is 13.8 Å². The van der Waals surface area contributed by atoms with Gasteiger partial charge in [0.05, 0.1) is 46.2 Å². The second-order valence-corrected chi connectivity index (χ2v) is 20.6. The van der Waals surface area contributed by atoms with E-state index in [9.17, 15) is 112 Å². The van der Waals surface area contributed by atoms with Crippen LogP contribution in [0.25, 0.3) is 0 Å². The van der Waals surface area contributed by atoms with Crippen LogP contribution in [-0.2, 0) is 71.2 Å². The number of carbonyl (C=O) groups excluding carboxylic acids is 2. The molecule has 0 aromatic heterocycles. The Morgan fingerprint density at radius 2 is 0.768 bits per heavy atom. The molecule has 37 nitrogen and oxygen atoms in total. The minimum atomic E-state index is -2.29. The van der Waals surface area contributed by atoms with Gasteiger partial charge in [0.2, 0.25) is 11.8 Å². The summed E-state index contributed by atoms with van der Waals surface area (Å²) in [6.45, 7) is -4.75. The molecule has 7 aliphatic heterocycles. The fourth-order valence-electron chi connectivity index (χ4n) is 10.4. The predicted octanol–water partition coefficient (Wildman–Crippen LogP) is -15.3. The molecule has 34 atom stereocenters. The summed E-state index contributed by atoms with van der Waals surface area (Å²) in [4.78, 5) is 24.8. The third-order valence-electron chi connectivity index (χ3n) is 14.9. The Labute approximate surface area is 464 Å². The first-order valence-corrected chi connectivity index (χ1v) is 26.0. The number of aliphatic hydroxyl groups excluding tert-OH is 20. The van der Waals surface area contributed by atoms with Gasteiger partial charge in [-0.1, -0.05) is 0 Å². The third kappa shape index (κ3) is 14.4. The SMILES string of the molecule is CC(=O)N[C@@H]1[C@@H](O)[C@H](O[C@@H]2O[C@H](CO)[C@@H](O[C@@H]3O[C@H](CO[C@H]4O[C@H](CO)[C@@H](O)[C@H](O[C@H]5O[C@H](CO)[C@@H](O)[C@H](O)[C@@H]5O)[C@@H]4O)[C@@H](O)[C@H](O[C@H]4O[C@H](CO)[C@@H](O)[C@H](O)[C@@H]4O)[C@@H]3O[C@@H]3OC[C@@H](O)[C@H](O)[C@H]3O)[C@H](O)[C@H]2NC(C)=O)[C@@H](CO)O[C@H]1O. The molecule has 0 aromatic carbocycles. The summed E-state index contributed by atoms with van der Waals surface area (Å²) in [6.07, 6.45) is -63.5. The maximum absolute atomic E-state index is 12.8. The van der Waals surface area contributed by atoms with Gasteiger partial charge in [-0.3, -0.25) is 9.59 Å². The molecule has 82 heavy (non-hydrogen) atoms. The lowest BCUT2D eigenvalue weighted by molar-refractivity contribution is -0.404. The molecule has 7 saturated heterocycles. The highest BCUT2D eigenvalue weighted by Crippen LogP contribution is 2.38. The molecular weight excluding hydrogens is 1130 g/mol. The van der Waals surface area contributed by atoms with Gasteiger partial charge in [-0.15, -0.1) is 0 Å². The van der Waals surface area contributed by atoms with E-state index >= 15 is 0 Å². The Morgan fingerprint density at radius 3 is 1.30 bits per heavy atom. The van der Waals surface area contributed by atoms with E-state index in [1.807, 2.05) is 0 Å². The largest absolute Gasteiger partial charge is 0.394 e. The van der Waals surface area contributed by atoms with Gasteiger partial charge in [-0.25, -0.2) is 0 Å². The van der Waals surface area contributed by atoms with E-state index in [0.717, 1.165) is 13.8 Å². The molecule has 22 N–H and O–H groups in total. The van der Waals surface area contributed by atoms with Crippen molar-refractivity contribution in [1.82, 2.24) is 10.6 Å². The van der Waals surface area contributed by atoms with Crippen LogP contribution in [0.3, 0.4) is 0 Å². The summed E-state index contributed by atoms with van der Waals surface area (Å²) < 4.78 is 75.5. The molecule has 7 heterocycles. The van der Waals surface area contributed by atoms with Crippen molar-refractivity contribution in [1.29, 1.82) is 0 Å². The van der Waals surface area contributed by atoms with Crippen LogP contribution < -0.4 is 10.6 Å². The lowest BCUT2D eigenvalue weighted by Crippen LogP contribution is -2.71. The van der Waals surface area contributed by atoms with E-state index in [2.05, 4.69) is 10.6 Å². The van der Waals surface area contributed by atoms with Crippen LogP contribution in [0.15, 0.2) is 0 Å². The van der Waals surface area contributed by atoms with Gasteiger partial charge in [-0.05, 0) is 0 Å². The number of hydrogen-bond acceptors (Lipinski definition) is 35. The van der Waals surface area contributed by atoms with Gasteiger partial charge in [0.15, 0.2) is 44.0 Å². The van der Waals surface area contributed by atoms with Gasteiger partial charge in [0, 0.05) is 13.8 Å². The molecule has 0 aromatic rings. The summed E-state index contributed by atoms with van der Waals surface area (Å²) in [7, 11) is 0. The van der Waals surface area contributed by atoms with Crippen molar-refractivity contribution < 1.29 is 173 Å². The van der Waals surface area contributed by atoms with Gasteiger partial charge in [-0.2, -0.15) is 0 Å². The zero-order valence-corrected chi connectivity index (χ0v) is 43.6. The summed E-state index contributed by atoms with van der Waals surface area (Å²) in [5.41, 5.74) is 0. The molecule has 0 spiro atoms. The number of nitrogens with one attached hydrogen (secondary N) is 2.